The number of para-hydroxylation sites is 1. The number of halogens is 1. The van der Waals surface area contributed by atoms with E-state index in [2.05, 4.69) is 30.4 Å². The molecule has 0 aliphatic carbocycles. The Kier molecular flexibility index (Phi) is 3.51. The number of benzene rings is 2. The third kappa shape index (κ3) is 2.58. The van der Waals surface area contributed by atoms with Gasteiger partial charge >= 0.3 is 0 Å². The minimum absolute atomic E-state index is 0.280. The molecule has 4 aromatic heterocycles. The molecule has 0 amide bonds. The molecule has 0 spiro atoms. The molecule has 0 radical (unpaired) electrons. The first-order valence-electron chi connectivity index (χ1n) is 9.34. The average molecular weight is 395 g/mol. The summed E-state index contributed by atoms with van der Waals surface area (Å²) < 4.78 is 13.8. The van der Waals surface area contributed by atoms with Crippen molar-refractivity contribution in [2.24, 2.45) is 0 Å². The second-order valence-electron chi connectivity index (χ2n) is 6.97. The molecule has 0 atom stereocenters. The van der Waals surface area contributed by atoms with Crippen LogP contribution in [0.4, 0.5) is 4.39 Å². The molecular weight excluding hydrogens is 381 g/mol. The zero-order chi connectivity index (χ0) is 20.1. The molecule has 0 saturated heterocycles. The lowest BCUT2D eigenvalue weighted by Crippen LogP contribution is -1.84. The van der Waals surface area contributed by atoms with Crippen molar-refractivity contribution in [1.82, 2.24) is 35.3 Å². The number of aromatic amines is 3. The summed E-state index contributed by atoms with van der Waals surface area (Å²) in [5, 5.41) is 15.2. The Morgan fingerprint density at radius 1 is 0.900 bits per heavy atom. The Morgan fingerprint density at radius 2 is 1.83 bits per heavy atom. The van der Waals surface area contributed by atoms with Gasteiger partial charge in [-0.25, -0.2) is 9.37 Å². The third-order valence-electron chi connectivity index (χ3n) is 5.11. The van der Waals surface area contributed by atoms with Gasteiger partial charge in [0.05, 0.1) is 34.6 Å². The van der Waals surface area contributed by atoms with E-state index in [1.807, 2.05) is 30.3 Å². The van der Waals surface area contributed by atoms with Crippen LogP contribution in [0.3, 0.4) is 0 Å². The zero-order valence-electron chi connectivity index (χ0n) is 15.5. The summed E-state index contributed by atoms with van der Waals surface area (Å²) in [6.07, 6.45) is 5.26. The van der Waals surface area contributed by atoms with Crippen LogP contribution in [0.2, 0.25) is 0 Å². The van der Waals surface area contributed by atoms with Crippen LogP contribution in [0.15, 0.2) is 67.1 Å². The van der Waals surface area contributed by atoms with Gasteiger partial charge in [0.15, 0.2) is 5.82 Å². The maximum Gasteiger partial charge on any atom is 0.159 e. The van der Waals surface area contributed by atoms with E-state index in [0.717, 1.165) is 44.3 Å². The number of H-pyrrole nitrogens is 3. The molecule has 0 bridgehead atoms. The van der Waals surface area contributed by atoms with Gasteiger partial charge in [-0.3, -0.25) is 15.2 Å². The number of rotatable bonds is 3. The van der Waals surface area contributed by atoms with Crippen LogP contribution < -0.4 is 0 Å². The average Bonchev–Trinajstić information content (AvgIpc) is 3.51. The van der Waals surface area contributed by atoms with Gasteiger partial charge in [0.1, 0.15) is 11.5 Å². The fourth-order valence-electron chi connectivity index (χ4n) is 3.68. The van der Waals surface area contributed by atoms with E-state index in [1.54, 1.807) is 24.7 Å². The van der Waals surface area contributed by atoms with Crippen molar-refractivity contribution in [3.05, 3.63) is 72.9 Å². The molecule has 7 nitrogen and oxygen atoms in total. The lowest BCUT2D eigenvalue weighted by atomic mass is 10.0. The highest BCUT2D eigenvalue weighted by Gasteiger charge is 2.16. The fraction of sp³-hybridized carbons (Fsp3) is 0. The minimum Gasteiger partial charge on any atom is -0.337 e. The standard InChI is InChI=1S/C22H14FN7/c23-14-4-1-3-12(7-14)15-5-2-6-17-20(15)28-22(27-17)21-16-8-18(13-9-25-26-10-13)24-11-19(16)29-30-21/h1-11H,(H,25,26)(H,27,28)(H,29,30). The summed E-state index contributed by atoms with van der Waals surface area (Å²) in [4.78, 5) is 12.6. The number of hydrogen-bond donors (Lipinski definition) is 3. The zero-order valence-corrected chi connectivity index (χ0v) is 15.5. The van der Waals surface area contributed by atoms with Gasteiger partial charge in [-0.1, -0.05) is 24.3 Å². The van der Waals surface area contributed by atoms with Gasteiger partial charge in [-0.2, -0.15) is 10.2 Å². The van der Waals surface area contributed by atoms with Crippen molar-refractivity contribution in [2.45, 2.75) is 0 Å². The third-order valence-corrected chi connectivity index (χ3v) is 5.11. The van der Waals surface area contributed by atoms with Crippen LogP contribution in [0.1, 0.15) is 0 Å². The highest BCUT2D eigenvalue weighted by atomic mass is 19.1. The molecule has 0 fully saturated rings. The Morgan fingerprint density at radius 3 is 2.70 bits per heavy atom. The van der Waals surface area contributed by atoms with E-state index in [0.29, 0.717) is 11.5 Å². The molecule has 144 valence electrons. The quantitative estimate of drug-likeness (QED) is 0.404. The van der Waals surface area contributed by atoms with E-state index in [9.17, 15) is 4.39 Å². The summed E-state index contributed by atoms with van der Waals surface area (Å²) in [6, 6.07) is 14.3. The van der Waals surface area contributed by atoms with E-state index in [-0.39, 0.29) is 5.82 Å². The number of nitrogens with zero attached hydrogens (tertiary/aromatic N) is 4. The number of fused-ring (bicyclic) bond motifs is 2. The molecule has 0 aliphatic heterocycles. The second kappa shape index (κ2) is 6.35. The first-order valence-corrected chi connectivity index (χ1v) is 9.34. The van der Waals surface area contributed by atoms with Gasteiger partial charge < -0.3 is 4.98 Å². The highest BCUT2D eigenvalue weighted by molar-refractivity contribution is 5.97. The van der Waals surface area contributed by atoms with Gasteiger partial charge in [0.2, 0.25) is 0 Å². The summed E-state index contributed by atoms with van der Waals surface area (Å²) >= 11 is 0. The van der Waals surface area contributed by atoms with Crippen molar-refractivity contribution in [3.63, 3.8) is 0 Å². The molecule has 8 heteroatoms. The normalized spacial score (nSPS) is 11.5. The maximum absolute atomic E-state index is 13.8. The number of aromatic nitrogens is 7. The van der Waals surface area contributed by atoms with Gasteiger partial charge in [0.25, 0.3) is 0 Å². The van der Waals surface area contributed by atoms with Crippen molar-refractivity contribution in [2.75, 3.05) is 0 Å². The molecule has 2 aromatic carbocycles. The summed E-state index contributed by atoms with van der Waals surface area (Å²) in [6.45, 7) is 0. The van der Waals surface area contributed by atoms with Crippen LogP contribution in [0.5, 0.6) is 0 Å². The Labute approximate surface area is 169 Å². The molecule has 0 saturated carbocycles. The summed E-state index contributed by atoms with van der Waals surface area (Å²) in [7, 11) is 0. The number of imidazole rings is 1. The largest absolute Gasteiger partial charge is 0.337 e. The Bertz CT molecular complexity index is 1510. The monoisotopic (exact) mass is 395 g/mol. The van der Waals surface area contributed by atoms with E-state index < -0.39 is 0 Å². The van der Waals surface area contributed by atoms with Crippen LogP contribution in [0, 0.1) is 5.82 Å². The van der Waals surface area contributed by atoms with Crippen LogP contribution in [-0.2, 0) is 0 Å². The van der Waals surface area contributed by atoms with E-state index >= 15 is 0 Å². The predicted octanol–water partition coefficient (Wildman–Crippen LogP) is 4.70. The number of nitrogens with one attached hydrogen (secondary N) is 3. The smallest absolute Gasteiger partial charge is 0.159 e. The maximum atomic E-state index is 13.8. The number of hydrogen-bond acceptors (Lipinski definition) is 4. The van der Waals surface area contributed by atoms with Crippen molar-refractivity contribution in [1.29, 1.82) is 0 Å². The molecule has 3 N–H and O–H groups in total. The van der Waals surface area contributed by atoms with Crippen LogP contribution >= 0.6 is 0 Å². The first kappa shape index (κ1) is 16.6. The van der Waals surface area contributed by atoms with E-state index in [4.69, 9.17) is 4.98 Å². The van der Waals surface area contributed by atoms with E-state index in [1.165, 1.54) is 12.1 Å². The first-order chi connectivity index (χ1) is 14.8. The minimum atomic E-state index is -0.280. The fourth-order valence-corrected chi connectivity index (χ4v) is 3.68. The highest BCUT2D eigenvalue weighted by Crippen LogP contribution is 2.32. The lowest BCUT2D eigenvalue weighted by molar-refractivity contribution is 0.628. The predicted molar refractivity (Wildman–Crippen MR) is 112 cm³/mol. The Hall–Kier alpha value is -4.33. The molecule has 0 aliphatic rings. The van der Waals surface area contributed by atoms with Gasteiger partial charge in [-0.15, -0.1) is 0 Å². The van der Waals surface area contributed by atoms with Crippen molar-refractivity contribution < 1.29 is 4.39 Å². The van der Waals surface area contributed by atoms with Gasteiger partial charge in [0, 0.05) is 22.7 Å². The van der Waals surface area contributed by atoms with Crippen LogP contribution in [0.25, 0.3) is 55.8 Å². The molecular formula is C22H14FN7. The van der Waals surface area contributed by atoms with Crippen molar-refractivity contribution in [3.8, 4) is 33.9 Å². The van der Waals surface area contributed by atoms with Crippen molar-refractivity contribution >= 4 is 21.9 Å². The number of pyridine rings is 1. The molecule has 0 unspecified atom stereocenters. The molecule has 4 heterocycles. The second-order valence-corrected chi connectivity index (χ2v) is 6.97. The molecule has 6 rings (SSSR count). The van der Waals surface area contributed by atoms with Gasteiger partial charge in [-0.05, 0) is 29.8 Å². The Balaban J connectivity index is 1.53. The lowest BCUT2D eigenvalue weighted by Gasteiger charge is -2.02. The summed E-state index contributed by atoms with van der Waals surface area (Å²) in [5.74, 6) is 0.349. The molecule has 6 aromatic rings. The SMILES string of the molecule is Fc1cccc(-c2cccc3[nH]c(-c4n[nH]c5cnc(-c6cn[nH]c6)cc45)nc23)c1. The molecule has 30 heavy (non-hydrogen) atoms. The van der Waals surface area contributed by atoms with Crippen LogP contribution in [-0.4, -0.2) is 35.3 Å². The summed E-state index contributed by atoms with van der Waals surface area (Å²) in [5.41, 5.74) is 6.43. The topological polar surface area (TPSA) is 98.9 Å².